The molecule has 1 saturated carbocycles. The minimum Gasteiger partial charge on any atom is -0.459 e. The fourth-order valence-corrected chi connectivity index (χ4v) is 3.78. The van der Waals surface area contributed by atoms with Crippen LogP contribution in [0.3, 0.4) is 0 Å². The molecule has 1 aliphatic carbocycles. The van der Waals surface area contributed by atoms with Crippen molar-refractivity contribution in [2.75, 3.05) is 0 Å². The molecule has 0 N–H and O–H groups in total. The molecule has 4 nitrogen and oxygen atoms in total. The number of carbonyl (C=O) groups is 1. The fraction of sp³-hybridized carbons (Fsp3) is 0.304. The van der Waals surface area contributed by atoms with Crippen LogP contribution in [0.4, 0.5) is 0 Å². The van der Waals surface area contributed by atoms with Crippen molar-refractivity contribution in [3.8, 4) is 11.1 Å². The fourth-order valence-electron chi connectivity index (χ4n) is 3.78. The largest absolute Gasteiger partial charge is 0.459 e. The Morgan fingerprint density at radius 3 is 2.78 bits per heavy atom. The zero-order valence-electron chi connectivity index (χ0n) is 15.3. The third-order valence-electron chi connectivity index (χ3n) is 5.21. The van der Waals surface area contributed by atoms with Crippen molar-refractivity contribution in [1.82, 2.24) is 0 Å². The highest BCUT2D eigenvalue weighted by Gasteiger charge is 2.23. The van der Waals surface area contributed by atoms with E-state index in [1.807, 2.05) is 18.2 Å². The Labute approximate surface area is 157 Å². The Bertz CT molecular complexity index is 1030. The number of fused-ring (bicyclic) bond motifs is 1. The predicted molar refractivity (Wildman–Crippen MR) is 105 cm³/mol. The first-order valence-electron chi connectivity index (χ1n) is 9.44. The van der Waals surface area contributed by atoms with Gasteiger partial charge in [-0.15, -0.1) is 0 Å². The smallest absolute Gasteiger partial charge is 0.344 e. The van der Waals surface area contributed by atoms with Crippen LogP contribution in [-0.2, 0) is 4.74 Å². The van der Waals surface area contributed by atoms with Gasteiger partial charge in [0.1, 0.15) is 11.7 Å². The Morgan fingerprint density at radius 2 is 1.93 bits per heavy atom. The van der Waals surface area contributed by atoms with Crippen LogP contribution in [-0.4, -0.2) is 12.1 Å². The summed E-state index contributed by atoms with van der Waals surface area (Å²) in [6, 6.07) is 16.2. The van der Waals surface area contributed by atoms with Crippen molar-refractivity contribution in [3.63, 3.8) is 0 Å². The minimum absolute atomic E-state index is 0.0179. The number of hydrogen-bond donors (Lipinski definition) is 0. The highest BCUT2D eigenvalue weighted by molar-refractivity contribution is 5.91. The molecule has 27 heavy (non-hydrogen) atoms. The summed E-state index contributed by atoms with van der Waals surface area (Å²) in [5.74, 6) is 0.256. The van der Waals surface area contributed by atoms with Crippen LogP contribution in [0.15, 0.2) is 63.8 Å². The molecule has 1 aliphatic rings. The molecule has 2 atom stereocenters. The maximum absolute atomic E-state index is 12.6. The highest BCUT2D eigenvalue weighted by Crippen LogP contribution is 2.27. The maximum Gasteiger partial charge on any atom is 0.344 e. The van der Waals surface area contributed by atoms with Crippen molar-refractivity contribution in [2.45, 2.75) is 38.7 Å². The van der Waals surface area contributed by atoms with Crippen molar-refractivity contribution < 1.29 is 13.9 Å². The molecule has 138 valence electrons. The zero-order valence-corrected chi connectivity index (χ0v) is 15.3. The first kappa shape index (κ1) is 17.5. The van der Waals surface area contributed by atoms with Gasteiger partial charge in [-0.25, -0.2) is 9.59 Å². The summed E-state index contributed by atoms with van der Waals surface area (Å²) in [5.41, 5.74) is 1.68. The van der Waals surface area contributed by atoms with Gasteiger partial charge in [0.2, 0.25) is 0 Å². The van der Waals surface area contributed by atoms with Gasteiger partial charge >= 0.3 is 11.6 Å². The lowest BCUT2D eigenvalue weighted by atomic mass is 9.89. The normalized spacial score (nSPS) is 19.7. The van der Waals surface area contributed by atoms with Crippen LogP contribution in [0, 0.1) is 5.92 Å². The van der Waals surface area contributed by atoms with E-state index < -0.39 is 5.63 Å². The van der Waals surface area contributed by atoms with Crippen LogP contribution in [0.1, 0.15) is 43.0 Å². The topological polar surface area (TPSA) is 56.5 Å². The lowest BCUT2D eigenvalue weighted by molar-refractivity contribution is 0.0155. The molecule has 1 heterocycles. The Morgan fingerprint density at radius 1 is 1.07 bits per heavy atom. The van der Waals surface area contributed by atoms with E-state index in [1.54, 1.807) is 36.4 Å². The van der Waals surface area contributed by atoms with Gasteiger partial charge in [-0.05, 0) is 55.0 Å². The molecule has 0 bridgehead atoms. The molecular formula is C23H22O4. The van der Waals surface area contributed by atoms with Gasteiger partial charge in [-0.3, -0.25) is 0 Å². The molecule has 1 fully saturated rings. The Kier molecular flexibility index (Phi) is 4.80. The van der Waals surface area contributed by atoms with E-state index in [1.165, 1.54) is 6.42 Å². The quantitative estimate of drug-likeness (QED) is 0.475. The number of rotatable bonds is 3. The van der Waals surface area contributed by atoms with Crippen molar-refractivity contribution >= 4 is 16.9 Å². The standard InChI is InChI=1S/C23H22O4/c1-15-6-4-10-19(12-15)26-22(24)18-9-5-8-16(13-18)20-14-17-7-2-3-11-21(17)27-23(20)25/h2-3,5,7-9,11,13-15,19H,4,6,10,12H2,1H3/t15-,19-/m0/s1. The first-order chi connectivity index (χ1) is 13.1. The van der Waals surface area contributed by atoms with E-state index in [-0.39, 0.29) is 12.1 Å². The summed E-state index contributed by atoms with van der Waals surface area (Å²) < 4.78 is 11.1. The lowest BCUT2D eigenvalue weighted by Crippen LogP contribution is -2.24. The molecule has 4 heteroatoms. The molecule has 4 rings (SSSR count). The summed E-state index contributed by atoms with van der Waals surface area (Å²) in [7, 11) is 0. The number of ether oxygens (including phenoxy) is 1. The molecule has 2 aromatic carbocycles. The van der Waals surface area contributed by atoms with Gasteiger partial charge in [0.15, 0.2) is 0 Å². The average Bonchev–Trinajstić information content (AvgIpc) is 2.67. The van der Waals surface area contributed by atoms with Crippen LogP contribution in [0.2, 0.25) is 0 Å². The number of esters is 1. The van der Waals surface area contributed by atoms with Gasteiger partial charge in [0.05, 0.1) is 11.1 Å². The van der Waals surface area contributed by atoms with Gasteiger partial charge in [0.25, 0.3) is 0 Å². The van der Waals surface area contributed by atoms with E-state index in [2.05, 4.69) is 6.92 Å². The molecule has 0 unspecified atom stereocenters. The van der Waals surface area contributed by atoms with Gasteiger partial charge in [0, 0.05) is 5.39 Å². The SMILES string of the molecule is C[C@H]1CCC[C@H](OC(=O)c2cccc(-c3cc4ccccc4oc3=O)c2)C1. The minimum atomic E-state index is -0.416. The molecular weight excluding hydrogens is 340 g/mol. The molecule has 1 aromatic heterocycles. The van der Waals surface area contributed by atoms with E-state index in [0.29, 0.717) is 28.2 Å². The zero-order chi connectivity index (χ0) is 18.8. The third-order valence-corrected chi connectivity index (χ3v) is 5.21. The number of hydrogen-bond acceptors (Lipinski definition) is 4. The van der Waals surface area contributed by atoms with Gasteiger partial charge < -0.3 is 9.15 Å². The summed E-state index contributed by atoms with van der Waals surface area (Å²) >= 11 is 0. The second-order valence-electron chi connectivity index (χ2n) is 7.37. The van der Waals surface area contributed by atoms with Crippen LogP contribution in [0.25, 0.3) is 22.1 Å². The Hall–Kier alpha value is -2.88. The molecule has 3 aromatic rings. The van der Waals surface area contributed by atoms with Crippen LogP contribution < -0.4 is 5.63 Å². The van der Waals surface area contributed by atoms with Gasteiger partial charge in [-0.2, -0.15) is 0 Å². The van der Waals surface area contributed by atoms with E-state index in [0.717, 1.165) is 24.6 Å². The number of para-hydroxylation sites is 1. The molecule has 0 saturated heterocycles. The molecule has 0 radical (unpaired) electrons. The average molecular weight is 362 g/mol. The second kappa shape index (κ2) is 7.39. The van der Waals surface area contributed by atoms with E-state index in [4.69, 9.17) is 9.15 Å². The summed E-state index contributed by atoms with van der Waals surface area (Å²) in [5, 5.41) is 0.844. The van der Waals surface area contributed by atoms with Crippen LogP contribution >= 0.6 is 0 Å². The maximum atomic E-state index is 12.6. The summed E-state index contributed by atoms with van der Waals surface area (Å²) in [4.78, 5) is 25.0. The number of carbonyl (C=O) groups excluding carboxylic acids is 1. The molecule has 0 spiro atoms. The van der Waals surface area contributed by atoms with E-state index in [9.17, 15) is 9.59 Å². The van der Waals surface area contributed by atoms with Crippen LogP contribution in [0.5, 0.6) is 0 Å². The highest BCUT2D eigenvalue weighted by atomic mass is 16.5. The molecule has 0 aliphatic heterocycles. The summed E-state index contributed by atoms with van der Waals surface area (Å²) in [6.45, 7) is 2.19. The third kappa shape index (κ3) is 3.80. The number of benzene rings is 2. The predicted octanol–water partition coefficient (Wildman–Crippen LogP) is 5.20. The first-order valence-corrected chi connectivity index (χ1v) is 9.44. The van der Waals surface area contributed by atoms with Gasteiger partial charge in [-0.1, -0.05) is 43.7 Å². The van der Waals surface area contributed by atoms with E-state index >= 15 is 0 Å². The van der Waals surface area contributed by atoms with Crippen molar-refractivity contribution in [2.24, 2.45) is 5.92 Å². The monoisotopic (exact) mass is 362 g/mol. The van der Waals surface area contributed by atoms with Crippen molar-refractivity contribution in [3.05, 3.63) is 70.6 Å². The Balaban J connectivity index is 1.62. The summed E-state index contributed by atoms with van der Waals surface area (Å²) in [6.07, 6.45) is 4.11. The second-order valence-corrected chi connectivity index (χ2v) is 7.37. The lowest BCUT2D eigenvalue weighted by Gasteiger charge is -2.26. The van der Waals surface area contributed by atoms with Crippen molar-refractivity contribution in [1.29, 1.82) is 0 Å². The molecule has 0 amide bonds.